The maximum atomic E-state index is 15.5. The normalized spacial score (nSPS) is 14.9. The van der Waals surface area contributed by atoms with Gasteiger partial charge in [-0.2, -0.15) is 0 Å². The maximum Gasteiger partial charge on any atom is 0.266 e. The van der Waals surface area contributed by atoms with Gasteiger partial charge in [0.05, 0.1) is 28.1 Å². The fourth-order valence-electron chi connectivity index (χ4n) is 7.56. The lowest BCUT2D eigenvalue weighted by atomic mass is 9.99. The Kier molecular flexibility index (Phi) is 13.8. The van der Waals surface area contributed by atoms with Crippen LogP contribution in [0, 0.1) is 11.6 Å². The number of amides is 6. The smallest absolute Gasteiger partial charge is 0.266 e. The number of pyridine rings is 1. The highest BCUT2D eigenvalue weighted by Crippen LogP contribution is 2.34. The average molecular weight is 912 g/mol. The van der Waals surface area contributed by atoms with Gasteiger partial charge in [-0.1, -0.05) is 38.0 Å². The van der Waals surface area contributed by atoms with E-state index in [0.29, 0.717) is 42.6 Å². The van der Waals surface area contributed by atoms with Gasteiger partial charge in [0.2, 0.25) is 27.6 Å². The van der Waals surface area contributed by atoms with Gasteiger partial charge < -0.3 is 20.4 Å². The third-order valence-corrected chi connectivity index (χ3v) is 12.3. The average Bonchev–Trinajstić information content (AvgIpc) is 3.82. The Labute approximate surface area is 370 Å². The van der Waals surface area contributed by atoms with Crippen molar-refractivity contribution in [3.8, 4) is 16.9 Å². The van der Waals surface area contributed by atoms with E-state index in [-0.39, 0.29) is 64.4 Å². The standard InChI is InChI=1S/C45H43F2N7O10S/c1-2-20-65(62,63)53-32-15-14-31(46)38(39(32)47)40(57)30-23-51-41-29(30)21-27(22-50-41)25-10-12-26(13-11-25)42(58)49-19-6-4-3-5-18-48-36(56)24-64-34-9-7-8-28-37(34)45(61)54(44(28)60)33-16-17-35(55)52-43(33)59/h7-15,21-23,33,53H,2-6,16-20,24H2,1H3,(H,48,56)(H,49,58)(H,50,51)(H,52,55,59). The third kappa shape index (κ3) is 10.1. The van der Waals surface area contributed by atoms with Crippen LogP contribution in [0.15, 0.2) is 73.1 Å². The summed E-state index contributed by atoms with van der Waals surface area (Å²) in [7, 11) is -3.92. The maximum absolute atomic E-state index is 15.5. The number of sulfonamides is 1. The fourth-order valence-corrected chi connectivity index (χ4v) is 8.69. The van der Waals surface area contributed by atoms with Crippen LogP contribution < -0.4 is 25.4 Å². The topological polar surface area (TPSA) is 243 Å². The van der Waals surface area contributed by atoms with E-state index >= 15 is 4.39 Å². The molecule has 65 heavy (non-hydrogen) atoms. The van der Waals surface area contributed by atoms with Gasteiger partial charge in [-0.05, 0) is 73.7 Å². The Bertz CT molecular complexity index is 2850. The number of unbranched alkanes of at least 4 members (excludes halogenated alkanes) is 3. The quantitative estimate of drug-likeness (QED) is 0.0429. The molecule has 0 radical (unpaired) electrons. The van der Waals surface area contributed by atoms with E-state index in [4.69, 9.17) is 4.74 Å². The van der Waals surface area contributed by atoms with Gasteiger partial charge in [0.15, 0.2) is 12.4 Å². The number of ketones is 1. The minimum absolute atomic E-state index is 0.0115. The van der Waals surface area contributed by atoms with E-state index in [1.165, 1.54) is 30.6 Å². The minimum Gasteiger partial charge on any atom is -0.483 e. The number of carbonyl (C=O) groups is 7. The summed E-state index contributed by atoms with van der Waals surface area (Å²) in [5.41, 5.74) is 0.315. The van der Waals surface area contributed by atoms with E-state index in [2.05, 4.69) is 30.6 Å². The lowest BCUT2D eigenvalue weighted by molar-refractivity contribution is -0.136. The summed E-state index contributed by atoms with van der Waals surface area (Å²) in [4.78, 5) is 97.1. The summed E-state index contributed by atoms with van der Waals surface area (Å²) in [5, 5.41) is 8.04. The molecule has 0 saturated carbocycles. The molecule has 338 valence electrons. The van der Waals surface area contributed by atoms with Gasteiger partial charge >= 0.3 is 0 Å². The number of H-pyrrole nitrogens is 1. The van der Waals surface area contributed by atoms with Crippen molar-refractivity contribution in [3.63, 3.8) is 0 Å². The first-order valence-corrected chi connectivity index (χ1v) is 22.5. The molecule has 7 rings (SSSR count). The highest BCUT2D eigenvalue weighted by Gasteiger charge is 2.46. The van der Waals surface area contributed by atoms with Crippen molar-refractivity contribution < 1.29 is 55.5 Å². The van der Waals surface area contributed by atoms with Crippen LogP contribution in [0.1, 0.15) is 98.9 Å². The first kappa shape index (κ1) is 45.7. The van der Waals surface area contributed by atoms with Crippen LogP contribution in [0.25, 0.3) is 22.2 Å². The third-order valence-electron chi connectivity index (χ3n) is 10.8. The summed E-state index contributed by atoms with van der Waals surface area (Å²) in [6, 6.07) is 13.3. The molecule has 4 heterocycles. The highest BCUT2D eigenvalue weighted by molar-refractivity contribution is 7.92. The number of rotatable bonds is 19. The summed E-state index contributed by atoms with van der Waals surface area (Å²) in [5.74, 6) is -7.15. The Balaban J connectivity index is 0.840. The second-order valence-corrected chi connectivity index (χ2v) is 17.2. The van der Waals surface area contributed by atoms with Crippen molar-refractivity contribution in [1.29, 1.82) is 0 Å². The SMILES string of the molecule is CCCS(=O)(=O)Nc1ccc(F)c(C(=O)c2c[nH]c3ncc(-c4ccc(C(=O)NCCCCCCNC(=O)COc5cccc6c5C(=O)N(C5CCC(=O)NC5=O)C6=O)cc4)cc23)c1F. The lowest BCUT2D eigenvalue weighted by Crippen LogP contribution is -2.54. The van der Waals surface area contributed by atoms with E-state index in [0.717, 1.165) is 29.9 Å². The number of ether oxygens (including phenoxy) is 1. The van der Waals surface area contributed by atoms with Gasteiger partial charge in [-0.15, -0.1) is 0 Å². The number of nitrogens with one attached hydrogen (secondary N) is 5. The molecule has 0 spiro atoms. The molecule has 2 aliphatic rings. The number of piperidine rings is 1. The first-order valence-electron chi connectivity index (χ1n) is 20.8. The van der Waals surface area contributed by atoms with Crippen LogP contribution in [0.4, 0.5) is 14.5 Å². The minimum atomic E-state index is -3.92. The molecule has 2 aromatic heterocycles. The second-order valence-electron chi connectivity index (χ2n) is 15.4. The number of nitrogens with zero attached hydrogens (tertiary/aromatic N) is 2. The van der Waals surface area contributed by atoms with Crippen LogP contribution in [0.5, 0.6) is 5.75 Å². The molecule has 1 saturated heterocycles. The van der Waals surface area contributed by atoms with E-state index in [1.807, 2.05) is 0 Å². The Morgan fingerprint density at radius 2 is 1.65 bits per heavy atom. The van der Waals surface area contributed by atoms with Crippen molar-refractivity contribution in [2.24, 2.45) is 0 Å². The summed E-state index contributed by atoms with van der Waals surface area (Å²) < 4.78 is 62.6. The van der Waals surface area contributed by atoms with E-state index in [9.17, 15) is 46.4 Å². The zero-order valence-electron chi connectivity index (χ0n) is 34.9. The molecular formula is C45H43F2N7O10S. The van der Waals surface area contributed by atoms with Gasteiger partial charge in [0.1, 0.15) is 23.3 Å². The number of aromatic nitrogens is 2. The molecule has 0 bridgehead atoms. The molecule has 5 N–H and O–H groups in total. The van der Waals surface area contributed by atoms with Crippen molar-refractivity contribution in [2.45, 2.75) is 57.9 Å². The molecule has 0 aliphatic carbocycles. The number of hydrogen-bond donors (Lipinski definition) is 5. The van der Waals surface area contributed by atoms with Crippen molar-refractivity contribution >= 4 is 68.0 Å². The Morgan fingerprint density at radius 3 is 2.37 bits per heavy atom. The van der Waals surface area contributed by atoms with Crippen LogP contribution in [-0.4, -0.2) is 96.0 Å². The Morgan fingerprint density at radius 1 is 0.908 bits per heavy atom. The predicted molar refractivity (Wildman–Crippen MR) is 231 cm³/mol. The number of fused-ring (bicyclic) bond motifs is 2. The van der Waals surface area contributed by atoms with Gasteiger partial charge in [0.25, 0.3) is 23.6 Å². The van der Waals surface area contributed by atoms with Crippen molar-refractivity contribution in [1.82, 2.24) is 30.8 Å². The van der Waals surface area contributed by atoms with E-state index in [1.54, 1.807) is 37.3 Å². The zero-order valence-corrected chi connectivity index (χ0v) is 35.7. The zero-order chi connectivity index (χ0) is 46.4. The molecule has 20 heteroatoms. The number of imide groups is 2. The molecule has 1 unspecified atom stereocenters. The number of anilines is 1. The molecule has 6 amide bonds. The van der Waals surface area contributed by atoms with Crippen molar-refractivity contribution in [2.75, 3.05) is 30.2 Å². The number of halogens is 2. The van der Waals surface area contributed by atoms with Crippen LogP contribution in [-0.2, 0) is 24.4 Å². The van der Waals surface area contributed by atoms with Gasteiger partial charge in [-0.3, -0.25) is 48.5 Å². The summed E-state index contributed by atoms with van der Waals surface area (Å²) in [6.07, 6.45) is 5.93. The number of benzene rings is 3. The number of hydrogen-bond acceptors (Lipinski definition) is 11. The molecule has 1 atom stereocenters. The molecule has 17 nitrogen and oxygen atoms in total. The fraction of sp³-hybridized carbons (Fsp3) is 0.289. The molecule has 5 aromatic rings. The lowest BCUT2D eigenvalue weighted by Gasteiger charge is -2.27. The van der Waals surface area contributed by atoms with Gasteiger partial charge in [-0.25, -0.2) is 22.2 Å². The Hall–Kier alpha value is -7.35. The monoisotopic (exact) mass is 911 g/mol. The first-order chi connectivity index (χ1) is 31.2. The number of carbonyl (C=O) groups excluding carboxylic acids is 7. The van der Waals surface area contributed by atoms with E-state index < -0.39 is 80.9 Å². The predicted octanol–water partition coefficient (Wildman–Crippen LogP) is 4.78. The molecule has 3 aromatic carbocycles. The molecule has 1 fully saturated rings. The number of aromatic amines is 1. The van der Waals surface area contributed by atoms with Crippen LogP contribution in [0.2, 0.25) is 0 Å². The second kappa shape index (κ2) is 19.6. The van der Waals surface area contributed by atoms with Gasteiger partial charge in [0, 0.05) is 54.0 Å². The van der Waals surface area contributed by atoms with Crippen LogP contribution >= 0.6 is 0 Å². The van der Waals surface area contributed by atoms with Crippen molar-refractivity contribution in [3.05, 3.63) is 113 Å². The summed E-state index contributed by atoms with van der Waals surface area (Å²) in [6.45, 7) is 1.98. The summed E-state index contributed by atoms with van der Waals surface area (Å²) >= 11 is 0. The highest BCUT2D eigenvalue weighted by atomic mass is 32.2. The van der Waals surface area contributed by atoms with Crippen LogP contribution in [0.3, 0.4) is 0 Å². The molecule has 2 aliphatic heterocycles. The molecular weight excluding hydrogens is 869 g/mol. The largest absolute Gasteiger partial charge is 0.483 e.